The summed E-state index contributed by atoms with van der Waals surface area (Å²) in [5.41, 5.74) is 5.04. The van der Waals surface area contributed by atoms with Crippen molar-refractivity contribution < 1.29 is 9.23 Å². The highest BCUT2D eigenvalue weighted by atomic mass is 35.5. The zero-order chi connectivity index (χ0) is 27.4. The van der Waals surface area contributed by atoms with Gasteiger partial charge >= 0.3 is 0 Å². The van der Waals surface area contributed by atoms with Crippen LogP contribution >= 0.6 is 11.6 Å². The van der Waals surface area contributed by atoms with E-state index in [2.05, 4.69) is 43.2 Å². The summed E-state index contributed by atoms with van der Waals surface area (Å²) in [6.45, 7) is 12.1. The summed E-state index contributed by atoms with van der Waals surface area (Å²) in [5, 5.41) is 0.965. The molecular weight excluding hydrogens is 505 g/mol. The standard InChI is InChI=1S/C25H27ClFN5O2.C4H10/c1-3-23-28-25(29-34-23)19-15-32(14-16-4-6-17(26)7-5-16)21-13-22(20(27)12-18(21)24(19)33)31-10-8-30(2)9-11-31;1-4(2)3/h4-7,12-13,15,23H,3,8-11,14H2,1-2H3,(H,28,29);4H,1-3H3. The van der Waals surface area contributed by atoms with Crippen LogP contribution in [0.15, 0.2) is 52.4 Å². The second-order valence-corrected chi connectivity index (χ2v) is 11.0. The smallest absolute Gasteiger partial charge is 0.200 e. The molecule has 7 nitrogen and oxygen atoms in total. The van der Waals surface area contributed by atoms with E-state index in [0.717, 1.165) is 37.7 Å². The summed E-state index contributed by atoms with van der Waals surface area (Å²) in [4.78, 5) is 27.6. The van der Waals surface area contributed by atoms with Crippen molar-refractivity contribution in [2.75, 3.05) is 38.1 Å². The van der Waals surface area contributed by atoms with Gasteiger partial charge in [0, 0.05) is 49.3 Å². The number of anilines is 1. The van der Waals surface area contributed by atoms with Crippen LogP contribution in [0, 0.1) is 11.7 Å². The molecule has 2 aliphatic heterocycles. The van der Waals surface area contributed by atoms with Gasteiger partial charge in [0.05, 0.1) is 16.8 Å². The third kappa shape index (κ3) is 6.54. The fourth-order valence-corrected chi connectivity index (χ4v) is 4.52. The minimum Gasteiger partial charge on any atom is -0.367 e. The Morgan fingerprint density at radius 1 is 1.13 bits per heavy atom. The number of hydrogen-bond donors (Lipinski definition) is 1. The quantitative estimate of drug-likeness (QED) is 0.476. The van der Waals surface area contributed by atoms with Crippen molar-refractivity contribution in [2.24, 2.45) is 10.9 Å². The van der Waals surface area contributed by atoms with Gasteiger partial charge in [-0.1, -0.05) is 51.4 Å². The summed E-state index contributed by atoms with van der Waals surface area (Å²) in [6, 6.07) is 10.7. The van der Waals surface area contributed by atoms with Gasteiger partial charge in [-0.2, -0.15) is 0 Å². The van der Waals surface area contributed by atoms with E-state index >= 15 is 4.39 Å². The van der Waals surface area contributed by atoms with Gasteiger partial charge in [0.15, 0.2) is 17.5 Å². The van der Waals surface area contributed by atoms with Gasteiger partial charge in [-0.3, -0.25) is 4.79 Å². The van der Waals surface area contributed by atoms with E-state index in [1.165, 1.54) is 6.07 Å². The second kappa shape index (κ2) is 12.3. The summed E-state index contributed by atoms with van der Waals surface area (Å²) in [6.07, 6.45) is 2.09. The zero-order valence-corrected chi connectivity index (χ0v) is 23.6. The Kier molecular flexibility index (Phi) is 9.07. The lowest BCUT2D eigenvalue weighted by Gasteiger charge is -2.34. The number of benzene rings is 2. The average Bonchev–Trinajstić information content (AvgIpc) is 3.36. The van der Waals surface area contributed by atoms with Gasteiger partial charge in [-0.05, 0) is 49.2 Å². The molecule has 0 spiro atoms. The molecule has 9 heteroatoms. The first kappa shape index (κ1) is 28.1. The fraction of sp³-hybridized carbons (Fsp3) is 0.448. The van der Waals surface area contributed by atoms with Crippen molar-refractivity contribution in [3.63, 3.8) is 0 Å². The lowest BCUT2D eigenvalue weighted by Crippen LogP contribution is -2.44. The minimum atomic E-state index is -0.395. The number of halogens is 2. The van der Waals surface area contributed by atoms with Crippen molar-refractivity contribution in [1.82, 2.24) is 14.9 Å². The number of fused-ring (bicyclic) bond motifs is 1. The molecule has 2 aromatic carbocycles. The molecule has 0 amide bonds. The van der Waals surface area contributed by atoms with Gasteiger partial charge in [-0.25, -0.2) is 19.7 Å². The van der Waals surface area contributed by atoms with Gasteiger partial charge in [0.25, 0.3) is 0 Å². The maximum atomic E-state index is 15.3. The molecule has 0 bridgehead atoms. The van der Waals surface area contributed by atoms with Crippen LogP contribution in [0.5, 0.6) is 0 Å². The second-order valence-electron chi connectivity index (χ2n) is 10.5. The Balaban J connectivity index is 0.000000786. The lowest BCUT2D eigenvalue weighted by atomic mass is 10.1. The van der Waals surface area contributed by atoms with Gasteiger partial charge in [-0.15, -0.1) is 0 Å². The van der Waals surface area contributed by atoms with Gasteiger partial charge in [0.2, 0.25) is 0 Å². The van der Waals surface area contributed by atoms with E-state index in [1.807, 2.05) is 40.7 Å². The van der Waals surface area contributed by atoms with Crippen LogP contribution in [-0.2, 0) is 11.4 Å². The van der Waals surface area contributed by atoms with Gasteiger partial charge < -0.3 is 14.4 Å². The Labute approximate surface area is 228 Å². The number of amidine groups is 1. The molecule has 1 saturated heterocycles. The molecule has 1 aromatic heterocycles. The predicted octanol–water partition coefficient (Wildman–Crippen LogP) is 5.27. The summed E-state index contributed by atoms with van der Waals surface area (Å²) < 4.78 is 17.3. The number of pyridine rings is 1. The average molecular weight is 542 g/mol. The first-order valence-electron chi connectivity index (χ1n) is 13.2. The fourth-order valence-electron chi connectivity index (χ4n) is 4.39. The number of likely N-dealkylation sites (N-methyl/N-ethyl adjacent to an activating group) is 1. The Morgan fingerprint density at radius 2 is 1.79 bits per heavy atom. The molecule has 3 heterocycles. The SMILES string of the molecule is CC(C)C.CCC1N=C(c2cn(Cc3ccc(Cl)cc3)c3cc(N4CCN(C)CC4)c(F)cc3c2=O)NO1. The molecule has 2 aliphatic rings. The van der Waals surface area contributed by atoms with Crippen LogP contribution in [0.1, 0.15) is 45.2 Å². The summed E-state index contributed by atoms with van der Waals surface area (Å²) in [5.74, 6) is 0.806. The largest absolute Gasteiger partial charge is 0.367 e. The van der Waals surface area contributed by atoms with E-state index in [0.29, 0.717) is 46.0 Å². The molecule has 1 atom stereocenters. The monoisotopic (exact) mass is 541 g/mol. The molecule has 1 unspecified atom stereocenters. The number of piperazine rings is 1. The molecule has 3 aromatic rings. The van der Waals surface area contributed by atoms with E-state index in [4.69, 9.17) is 16.4 Å². The third-order valence-corrected chi connectivity index (χ3v) is 6.68. The van der Waals surface area contributed by atoms with Crippen molar-refractivity contribution in [3.8, 4) is 0 Å². The first-order chi connectivity index (χ1) is 18.2. The Bertz CT molecular complexity index is 1350. The van der Waals surface area contributed by atoms with Crippen molar-refractivity contribution >= 4 is 34.0 Å². The van der Waals surface area contributed by atoms with Crippen LogP contribution in [-0.4, -0.2) is 54.8 Å². The van der Waals surface area contributed by atoms with Crippen LogP contribution < -0.4 is 15.8 Å². The van der Waals surface area contributed by atoms with Crippen LogP contribution in [0.2, 0.25) is 5.02 Å². The molecule has 0 saturated carbocycles. The highest BCUT2D eigenvalue weighted by Gasteiger charge is 2.24. The molecule has 1 fully saturated rings. The molecule has 0 aliphatic carbocycles. The minimum absolute atomic E-state index is 0.280. The van der Waals surface area contributed by atoms with Crippen molar-refractivity contribution in [3.05, 3.63) is 74.8 Å². The number of nitrogens with zero attached hydrogens (tertiary/aromatic N) is 4. The number of nitrogens with one attached hydrogen (secondary N) is 1. The number of hydrogen-bond acceptors (Lipinski definition) is 6. The zero-order valence-electron chi connectivity index (χ0n) is 22.8. The summed E-state index contributed by atoms with van der Waals surface area (Å²) >= 11 is 6.07. The number of aliphatic imine (C=N–C) groups is 1. The first-order valence-corrected chi connectivity index (χ1v) is 13.6. The van der Waals surface area contributed by atoms with E-state index in [1.54, 1.807) is 12.3 Å². The van der Waals surface area contributed by atoms with Crippen molar-refractivity contribution in [2.45, 2.75) is 46.9 Å². The van der Waals surface area contributed by atoms with Crippen molar-refractivity contribution in [1.29, 1.82) is 0 Å². The maximum absolute atomic E-state index is 15.3. The Hall–Kier alpha value is -2.94. The summed E-state index contributed by atoms with van der Waals surface area (Å²) in [7, 11) is 2.06. The molecule has 204 valence electrons. The van der Waals surface area contributed by atoms with E-state index in [-0.39, 0.29) is 11.7 Å². The normalized spacial score (nSPS) is 17.8. The molecule has 1 N–H and O–H groups in total. The van der Waals surface area contributed by atoms with Crippen LogP contribution in [0.3, 0.4) is 0 Å². The number of hydroxylamine groups is 1. The van der Waals surface area contributed by atoms with E-state index in [9.17, 15) is 4.79 Å². The highest BCUT2D eigenvalue weighted by molar-refractivity contribution is 6.30. The lowest BCUT2D eigenvalue weighted by molar-refractivity contribution is 0.0364. The third-order valence-electron chi connectivity index (χ3n) is 6.43. The highest BCUT2D eigenvalue weighted by Crippen LogP contribution is 2.27. The Morgan fingerprint density at radius 3 is 2.39 bits per heavy atom. The molecule has 0 radical (unpaired) electrons. The topological polar surface area (TPSA) is 62.1 Å². The van der Waals surface area contributed by atoms with Crippen LogP contribution in [0.4, 0.5) is 10.1 Å². The molecule has 5 rings (SSSR count). The van der Waals surface area contributed by atoms with E-state index < -0.39 is 5.82 Å². The van der Waals surface area contributed by atoms with Gasteiger partial charge in [0.1, 0.15) is 5.82 Å². The number of rotatable bonds is 5. The molecular formula is C29H37ClFN5O2. The van der Waals surface area contributed by atoms with Crippen LogP contribution in [0.25, 0.3) is 10.9 Å². The maximum Gasteiger partial charge on any atom is 0.200 e. The molecule has 38 heavy (non-hydrogen) atoms. The number of aromatic nitrogens is 1. The predicted molar refractivity (Wildman–Crippen MR) is 154 cm³/mol.